The smallest absolute Gasteiger partial charge is 0.250 e. The highest BCUT2D eigenvalue weighted by Gasteiger charge is 2.49. The molecule has 2 saturated heterocycles. The van der Waals surface area contributed by atoms with Gasteiger partial charge in [0.15, 0.2) is 0 Å². The Balaban J connectivity index is 2.01. The maximum atomic E-state index is 13.1. The SMILES string of the molecule is CCCCN1CC2N(C(=O)CN(C)N2C=O)[C@@H](c2ccccc2)C1=O. The third kappa shape index (κ3) is 3.11. The molecule has 1 unspecified atom stereocenters. The summed E-state index contributed by atoms with van der Waals surface area (Å²) in [6.45, 7) is 3.14. The number of rotatable bonds is 5. The standard InChI is InChI=1S/C18H24N4O3/c1-3-4-10-20-11-15-21(13-23)19(2)12-16(24)22(15)17(18(20)25)14-8-6-5-7-9-14/h5-9,13,15,17H,3-4,10-12H2,1-2H3/t15?,17-/m0/s1. The van der Waals surface area contributed by atoms with Crippen LogP contribution in [0.2, 0.25) is 0 Å². The molecule has 7 heteroatoms. The van der Waals surface area contributed by atoms with Gasteiger partial charge in [-0.05, 0) is 12.0 Å². The Morgan fingerprint density at radius 1 is 1.20 bits per heavy atom. The largest absolute Gasteiger partial charge is 0.337 e. The molecule has 7 nitrogen and oxygen atoms in total. The lowest BCUT2D eigenvalue weighted by atomic mass is 9.98. The van der Waals surface area contributed by atoms with Crippen LogP contribution in [0, 0.1) is 0 Å². The molecular weight excluding hydrogens is 320 g/mol. The van der Waals surface area contributed by atoms with Gasteiger partial charge >= 0.3 is 0 Å². The van der Waals surface area contributed by atoms with Gasteiger partial charge < -0.3 is 9.80 Å². The van der Waals surface area contributed by atoms with Gasteiger partial charge in [-0.25, -0.2) is 5.01 Å². The average molecular weight is 344 g/mol. The zero-order valence-electron chi connectivity index (χ0n) is 14.7. The Morgan fingerprint density at radius 2 is 1.92 bits per heavy atom. The zero-order valence-corrected chi connectivity index (χ0v) is 14.7. The van der Waals surface area contributed by atoms with Crippen LogP contribution in [-0.4, -0.2) is 70.9 Å². The predicted octanol–water partition coefficient (Wildman–Crippen LogP) is 0.843. The summed E-state index contributed by atoms with van der Waals surface area (Å²) in [4.78, 5) is 40.8. The molecule has 0 bridgehead atoms. The van der Waals surface area contributed by atoms with Crippen molar-refractivity contribution >= 4 is 18.2 Å². The van der Waals surface area contributed by atoms with Crippen LogP contribution in [0.25, 0.3) is 0 Å². The highest BCUT2D eigenvalue weighted by molar-refractivity contribution is 5.91. The van der Waals surface area contributed by atoms with E-state index in [1.807, 2.05) is 30.3 Å². The van der Waals surface area contributed by atoms with Crippen molar-refractivity contribution in [2.24, 2.45) is 0 Å². The summed E-state index contributed by atoms with van der Waals surface area (Å²) >= 11 is 0. The lowest BCUT2D eigenvalue weighted by molar-refractivity contribution is -0.197. The molecule has 0 aliphatic carbocycles. The summed E-state index contributed by atoms with van der Waals surface area (Å²) in [5, 5.41) is 3.13. The van der Waals surface area contributed by atoms with E-state index in [1.54, 1.807) is 21.9 Å². The number of benzene rings is 1. The molecule has 0 N–H and O–H groups in total. The highest BCUT2D eigenvalue weighted by Crippen LogP contribution is 2.33. The number of nitrogens with zero attached hydrogens (tertiary/aromatic N) is 4. The first kappa shape index (κ1) is 17.4. The average Bonchev–Trinajstić information content (AvgIpc) is 2.61. The molecule has 1 aromatic rings. The molecule has 1 aromatic carbocycles. The normalized spacial score (nSPS) is 24.5. The van der Waals surface area contributed by atoms with E-state index in [9.17, 15) is 14.4 Å². The summed E-state index contributed by atoms with van der Waals surface area (Å²) in [7, 11) is 1.72. The lowest BCUT2D eigenvalue weighted by Gasteiger charge is -2.53. The minimum absolute atomic E-state index is 0.0698. The van der Waals surface area contributed by atoms with Gasteiger partial charge in [0.1, 0.15) is 12.2 Å². The van der Waals surface area contributed by atoms with Gasteiger partial charge in [-0.1, -0.05) is 43.7 Å². The van der Waals surface area contributed by atoms with E-state index in [0.29, 0.717) is 13.1 Å². The molecule has 2 aliphatic rings. The molecule has 0 saturated carbocycles. The summed E-state index contributed by atoms with van der Waals surface area (Å²) in [6.07, 6.45) is 2.14. The molecule has 0 radical (unpaired) electrons. The van der Waals surface area contributed by atoms with Crippen molar-refractivity contribution in [2.45, 2.75) is 32.0 Å². The minimum Gasteiger partial charge on any atom is -0.337 e. The molecular formula is C18H24N4O3. The van der Waals surface area contributed by atoms with Crippen LogP contribution in [-0.2, 0) is 14.4 Å². The summed E-state index contributed by atoms with van der Waals surface area (Å²) in [5.41, 5.74) is 0.780. The Kier molecular flexibility index (Phi) is 5.03. The Bertz CT molecular complexity index is 651. The predicted molar refractivity (Wildman–Crippen MR) is 91.8 cm³/mol. The van der Waals surface area contributed by atoms with Gasteiger partial charge in [-0.2, -0.15) is 0 Å². The van der Waals surface area contributed by atoms with Crippen molar-refractivity contribution in [1.29, 1.82) is 0 Å². The van der Waals surface area contributed by atoms with Gasteiger partial charge in [0.25, 0.3) is 0 Å². The highest BCUT2D eigenvalue weighted by atomic mass is 16.2. The molecule has 0 aromatic heterocycles. The Morgan fingerprint density at radius 3 is 2.56 bits per heavy atom. The second-order valence-corrected chi connectivity index (χ2v) is 6.53. The molecule has 3 amide bonds. The maximum absolute atomic E-state index is 13.1. The molecule has 134 valence electrons. The number of unbranched alkanes of at least 4 members (excludes halogenated alkanes) is 1. The van der Waals surface area contributed by atoms with Crippen LogP contribution in [0.1, 0.15) is 31.4 Å². The molecule has 2 fully saturated rings. The fourth-order valence-corrected chi connectivity index (χ4v) is 3.59. The number of fused-ring (bicyclic) bond motifs is 1. The second kappa shape index (κ2) is 7.23. The van der Waals surface area contributed by atoms with Gasteiger partial charge in [-0.15, -0.1) is 0 Å². The van der Waals surface area contributed by atoms with Crippen LogP contribution in [0.15, 0.2) is 30.3 Å². The van der Waals surface area contributed by atoms with Crippen LogP contribution >= 0.6 is 0 Å². The summed E-state index contributed by atoms with van der Waals surface area (Å²) < 4.78 is 0. The number of carbonyl (C=O) groups excluding carboxylic acids is 3. The zero-order chi connectivity index (χ0) is 18.0. The van der Waals surface area contributed by atoms with Crippen LogP contribution in [0.4, 0.5) is 0 Å². The van der Waals surface area contributed by atoms with E-state index in [-0.39, 0.29) is 18.4 Å². The van der Waals surface area contributed by atoms with E-state index >= 15 is 0 Å². The monoisotopic (exact) mass is 344 g/mol. The topological polar surface area (TPSA) is 64.2 Å². The number of piperazine rings is 1. The summed E-state index contributed by atoms with van der Waals surface area (Å²) in [5.74, 6) is -0.206. The van der Waals surface area contributed by atoms with E-state index in [0.717, 1.165) is 24.8 Å². The minimum atomic E-state index is -0.680. The number of hydrazine groups is 1. The van der Waals surface area contributed by atoms with E-state index in [1.165, 1.54) is 5.01 Å². The lowest BCUT2D eigenvalue weighted by Crippen LogP contribution is -2.71. The number of carbonyl (C=O) groups is 3. The van der Waals surface area contributed by atoms with Crippen molar-refractivity contribution in [3.8, 4) is 0 Å². The van der Waals surface area contributed by atoms with E-state index < -0.39 is 12.2 Å². The van der Waals surface area contributed by atoms with Gasteiger partial charge in [0.2, 0.25) is 18.2 Å². The third-order valence-corrected chi connectivity index (χ3v) is 4.89. The first-order valence-corrected chi connectivity index (χ1v) is 8.68. The van der Waals surface area contributed by atoms with Crippen molar-refractivity contribution in [1.82, 2.24) is 19.8 Å². The Hall–Kier alpha value is -2.41. The summed E-state index contributed by atoms with van der Waals surface area (Å²) in [6, 6.07) is 8.65. The quantitative estimate of drug-likeness (QED) is 0.743. The van der Waals surface area contributed by atoms with Crippen LogP contribution in [0.5, 0.6) is 0 Å². The maximum Gasteiger partial charge on any atom is 0.250 e. The molecule has 0 spiro atoms. The van der Waals surface area contributed by atoms with Crippen molar-refractivity contribution in [2.75, 3.05) is 26.7 Å². The van der Waals surface area contributed by atoms with Gasteiger partial charge in [0, 0.05) is 13.6 Å². The van der Waals surface area contributed by atoms with Gasteiger partial charge in [-0.3, -0.25) is 19.4 Å². The molecule has 3 rings (SSSR count). The molecule has 2 aliphatic heterocycles. The number of hydrogen-bond acceptors (Lipinski definition) is 4. The number of likely N-dealkylation sites (N-methyl/N-ethyl adjacent to an activating group) is 1. The van der Waals surface area contributed by atoms with E-state index in [2.05, 4.69) is 6.92 Å². The Labute approximate surface area is 147 Å². The van der Waals surface area contributed by atoms with Gasteiger partial charge in [0.05, 0.1) is 13.1 Å². The van der Waals surface area contributed by atoms with E-state index in [4.69, 9.17) is 0 Å². The van der Waals surface area contributed by atoms with Crippen molar-refractivity contribution in [3.05, 3.63) is 35.9 Å². The fraction of sp³-hybridized carbons (Fsp3) is 0.500. The van der Waals surface area contributed by atoms with Crippen LogP contribution in [0.3, 0.4) is 0 Å². The first-order chi connectivity index (χ1) is 12.1. The van der Waals surface area contributed by atoms with Crippen LogP contribution < -0.4 is 0 Å². The molecule has 25 heavy (non-hydrogen) atoms. The second-order valence-electron chi connectivity index (χ2n) is 6.53. The molecule has 2 heterocycles. The first-order valence-electron chi connectivity index (χ1n) is 8.68. The number of hydrogen-bond donors (Lipinski definition) is 0. The number of amides is 3. The fourth-order valence-electron chi connectivity index (χ4n) is 3.59. The molecule has 2 atom stereocenters. The van der Waals surface area contributed by atoms with Crippen molar-refractivity contribution in [3.63, 3.8) is 0 Å². The third-order valence-electron chi connectivity index (χ3n) is 4.89. The van der Waals surface area contributed by atoms with Crippen molar-refractivity contribution < 1.29 is 14.4 Å².